The molecule has 2 aromatic carbocycles. The van der Waals surface area contributed by atoms with Gasteiger partial charge in [0, 0.05) is 13.1 Å². The topological polar surface area (TPSA) is 49.8 Å². The molecular weight excluding hydrogens is 290 g/mol. The van der Waals surface area contributed by atoms with Crippen LogP contribution in [0, 0.1) is 5.92 Å². The number of ether oxygens (including phenoxy) is 1. The summed E-state index contributed by atoms with van der Waals surface area (Å²) in [5, 5.41) is 11.9. The predicted molar refractivity (Wildman–Crippen MR) is 90.4 cm³/mol. The maximum Gasteiger partial charge on any atom is 0.260 e. The highest BCUT2D eigenvalue weighted by Crippen LogP contribution is 2.22. The largest absolute Gasteiger partial charge is 0.484 e. The number of carbonyl (C=O) groups is 1. The molecule has 23 heavy (non-hydrogen) atoms. The molecule has 0 spiro atoms. The lowest BCUT2D eigenvalue weighted by Crippen LogP contribution is -2.42. The lowest BCUT2D eigenvalue weighted by molar-refractivity contribution is -0.135. The Bertz CT molecular complexity index is 675. The van der Waals surface area contributed by atoms with Gasteiger partial charge < -0.3 is 14.7 Å². The molecule has 1 unspecified atom stereocenters. The predicted octanol–water partition coefficient (Wildman–Crippen LogP) is 2.84. The molecule has 4 nitrogen and oxygen atoms in total. The van der Waals surface area contributed by atoms with E-state index in [-0.39, 0.29) is 18.6 Å². The summed E-state index contributed by atoms with van der Waals surface area (Å²) in [7, 11) is 0. The number of carbonyl (C=O) groups excluding carboxylic acids is 1. The number of fused-ring (bicyclic) bond motifs is 1. The van der Waals surface area contributed by atoms with Crippen LogP contribution in [0.5, 0.6) is 5.75 Å². The van der Waals surface area contributed by atoms with Crippen molar-refractivity contribution in [3.8, 4) is 5.75 Å². The SMILES string of the molecule is CC(O)C1CCN(C(=O)COc2ccc3ccccc3c2)CC1. The summed E-state index contributed by atoms with van der Waals surface area (Å²) in [4.78, 5) is 14.1. The third kappa shape index (κ3) is 3.82. The number of hydrogen-bond acceptors (Lipinski definition) is 3. The van der Waals surface area contributed by atoms with Crippen molar-refractivity contribution < 1.29 is 14.6 Å². The van der Waals surface area contributed by atoms with E-state index >= 15 is 0 Å². The van der Waals surface area contributed by atoms with Crippen LogP contribution in [0.1, 0.15) is 19.8 Å². The Morgan fingerprint density at radius 2 is 1.91 bits per heavy atom. The molecule has 122 valence electrons. The number of amides is 1. The van der Waals surface area contributed by atoms with Gasteiger partial charge in [-0.25, -0.2) is 0 Å². The zero-order valence-corrected chi connectivity index (χ0v) is 13.4. The van der Waals surface area contributed by atoms with Crippen LogP contribution in [0.3, 0.4) is 0 Å². The third-order valence-electron chi connectivity index (χ3n) is 4.66. The fourth-order valence-electron chi connectivity index (χ4n) is 3.12. The van der Waals surface area contributed by atoms with E-state index in [4.69, 9.17) is 4.74 Å². The van der Waals surface area contributed by atoms with Crippen LogP contribution in [0.25, 0.3) is 10.8 Å². The van der Waals surface area contributed by atoms with Crippen molar-refractivity contribution in [1.29, 1.82) is 0 Å². The molecule has 1 amide bonds. The summed E-state index contributed by atoms with van der Waals surface area (Å²) in [6.07, 6.45) is 1.43. The lowest BCUT2D eigenvalue weighted by atomic mass is 9.92. The minimum Gasteiger partial charge on any atom is -0.484 e. The highest BCUT2D eigenvalue weighted by Gasteiger charge is 2.25. The van der Waals surface area contributed by atoms with E-state index in [0.29, 0.717) is 19.0 Å². The van der Waals surface area contributed by atoms with E-state index in [0.717, 1.165) is 29.4 Å². The highest BCUT2D eigenvalue weighted by atomic mass is 16.5. The van der Waals surface area contributed by atoms with Crippen molar-refractivity contribution in [3.63, 3.8) is 0 Å². The van der Waals surface area contributed by atoms with Gasteiger partial charge in [0.15, 0.2) is 6.61 Å². The Morgan fingerprint density at radius 3 is 2.61 bits per heavy atom. The number of hydrogen-bond donors (Lipinski definition) is 1. The third-order valence-corrected chi connectivity index (χ3v) is 4.66. The van der Waals surface area contributed by atoms with Crippen LogP contribution in [0.2, 0.25) is 0 Å². The average molecular weight is 313 g/mol. The standard InChI is InChI=1S/C19H23NO3/c1-14(21)15-8-10-20(11-9-15)19(22)13-23-18-7-6-16-4-2-3-5-17(16)12-18/h2-7,12,14-15,21H,8-11,13H2,1H3. The molecular formula is C19H23NO3. The molecule has 3 rings (SSSR count). The van der Waals surface area contributed by atoms with Crippen molar-refractivity contribution >= 4 is 16.7 Å². The summed E-state index contributed by atoms with van der Waals surface area (Å²) in [5.74, 6) is 1.04. The zero-order chi connectivity index (χ0) is 16.2. The quantitative estimate of drug-likeness (QED) is 0.944. The van der Waals surface area contributed by atoms with Gasteiger partial charge in [-0.1, -0.05) is 30.3 Å². The molecule has 0 bridgehead atoms. The minimum absolute atomic E-state index is 0.0159. The number of likely N-dealkylation sites (tertiary alicyclic amines) is 1. The molecule has 0 radical (unpaired) electrons. The number of rotatable bonds is 4. The molecule has 1 saturated heterocycles. The Balaban J connectivity index is 1.54. The fraction of sp³-hybridized carbons (Fsp3) is 0.421. The van der Waals surface area contributed by atoms with E-state index in [1.54, 1.807) is 0 Å². The molecule has 0 aliphatic carbocycles. The van der Waals surface area contributed by atoms with Crippen molar-refractivity contribution in [2.75, 3.05) is 19.7 Å². The minimum atomic E-state index is -0.291. The molecule has 1 fully saturated rings. The van der Waals surface area contributed by atoms with Crippen molar-refractivity contribution in [3.05, 3.63) is 42.5 Å². The second-order valence-electron chi connectivity index (χ2n) is 6.26. The first kappa shape index (κ1) is 15.8. The molecule has 1 aliphatic heterocycles. The van der Waals surface area contributed by atoms with Gasteiger partial charge in [0.1, 0.15) is 5.75 Å². The second kappa shape index (κ2) is 7.01. The maximum atomic E-state index is 12.2. The van der Waals surface area contributed by atoms with E-state index < -0.39 is 0 Å². The molecule has 1 atom stereocenters. The first-order valence-corrected chi connectivity index (χ1v) is 8.21. The van der Waals surface area contributed by atoms with E-state index in [9.17, 15) is 9.90 Å². The van der Waals surface area contributed by atoms with Crippen molar-refractivity contribution in [1.82, 2.24) is 4.90 Å². The summed E-state index contributed by atoms with van der Waals surface area (Å²) < 4.78 is 5.66. The van der Waals surface area contributed by atoms with Crippen LogP contribution >= 0.6 is 0 Å². The first-order valence-electron chi connectivity index (χ1n) is 8.21. The van der Waals surface area contributed by atoms with E-state index in [1.807, 2.05) is 48.2 Å². The van der Waals surface area contributed by atoms with Gasteiger partial charge in [-0.2, -0.15) is 0 Å². The molecule has 1 N–H and O–H groups in total. The molecule has 4 heteroatoms. The maximum absolute atomic E-state index is 12.2. The van der Waals surface area contributed by atoms with E-state index in [1.165, 1.54) is 0 Å². The van der Waals surface area contributed by atoms with Gasteiger partial charge >= 0.3 is 0 Å². The second-order valence-corrected chi connectivity index (χ2v) is 6.26. The number of piperidine rings is 1. The monoisotopic (exact) mass is 313 g/mol. The average Bonchev–Trinajstić information content (AvgIpc) is 2.59. The summed E-state index contributed by atoms with van der Waals surface area (Å²) >= 11 is 0. The number of aliphatic hydroxyl groups is 1. The fourth-order valence-corrected chi connectivity index (χ4v) is 3.12. The molecule has 1 aliphatic rings. The molecule has 1 heterocycles. The summed E-state index contributed by atoms with van der Waals surface area (Å²) in [6, 6.07) is 13.9. The van der Waals surface area contributed by atoms with Gasteiger partial charge in [0.05, 0.1) is 6.10 Å². The van der Waals surface area contributed by atoms with Crippen LogP contribution < -0.4 is 4.74 Å². The van der Waals surface area contributed by atoms with Gasteiger partial charge in [-0.3, -0.25) is 4.79 Å². The highest BCUT2D eigenvalue weighted by molar-refractivity contribution is 5.84. The smallest absolute Gasteiger partial charge is 0.260 e. The lowest BCUT2D eigenvalue weighted by Gasteiger charge is -2.33. The van der Waals surface area contributed by atoms with Crippen LogP contribution in [-0.2, 0) is 4.79 Å². The normalized spacial score (nSPS) is 17.2. The summed E-state index contributed by atoms with van der Waals surface area (Å²) in [6.45, 7) is 3.30. The Kier molecular flexibility index (Phi) is 4.82. The Morgan fingerprint density at radius 1 is 1.22 bits per heavy atom. The first-order chi connectivity index (χ1) is 11.1. The molecule has 0 aromatic heterocycles. The van der Waals surface area contributed by atoms with E-state index in [2.05, 4.69) is 6.07 Å². The van der Waals surface area contributed by atoms with Crippen molar-refractivity contribution in [2.45, 2.75) is 25.9 Å². The molecule has 0 saturated carbocycles. The van der Waals surface area contributed by atoms with Gasteiger partial charge in [0.2, 0.25) is 0 Å². The molecule has 2 aromatic rings. The van der Waals surface area contributed by atoms with Gasteiger partial charge in [-0.15, -0.1) is 0 Å². The van der Waals surface area contributed by atoms with Crippen LogP contribution in [0.15, 0.2) is 42.5 Å². The Labute approximate surface area is 136 Å². The van der Waals surface area contributed by atoms with Crippen LogP contribution in [-0.4, -0.2) is 41.7 Å². The number of aliphatic hydroxyl groups excluding tert-OH is 1. The van der Waals surface area contributed by atoms with Crippen LogP contribution in [0.4, 0.5) is 0 Å². The van der Waals surface area contributed by atoms with Gasteiger partial charge in [-0.05, 0) is 48.6 Å². The van der Waals surface area contributed by atoms with Crippen molar-refractivity contribution in [2.24, 2.45) is 5.92 Å². The van der Waals surface area contributed by atoms with Gasteiger partial charge in [0.25, 0.3) is 5.91 Å². The zero-order valence-electron chi connectivity index (χ0n) is 13.4. The Hall–Kier alpha value is -2.07. The number of benzene rings is 2. The number of nitrogens with zero attached hydrogens (tertiary/aromatic N) is 1. The summed E-state index contributed by atoms with van der Waals surface area (Å²) in [5.41, 5.74) is 0.